The Labute approximate surface area is 131 Å². The van der Waals surface area contributed by atoms with Gasteiger partial charge in [0, 0.05) is 11.5 Å². The molecular formula is C16H23BFNO3. The van der Waals surface area contributed by atoms with E-state index in [0.29, 0.717) is 11.3 Å². The van der Waals surface area contributed by atoms with E-state index in [0.717, 1.165) is 12.8 Å². The molecule has 0 N–H and O–H groups in total. The van der Waals surface area contributed by atoms with Crippen LogP contribution >= 0.6 is 0 Å². The minimum absolute atomic E-state index is 0.184. The first-order valence-electron chi connectivity index (χ1n) is 7.96. The van der Waals surface area contributed by atoms with Gasteiger partial charge in [-0.15, -0.1) is 0 Å². The number of hydrogen-bond donors (Lipinski definition) is 0. The molecule has 2 heterocycles. The van der Waals surface area contributed by atoms with Crippen LogP contribution in [0.5, 0.6) is 5.88 Å². The Bertz CT molecular complexity index is 542. The first-order valence-corrected chi connectivity index (χ1v) is 7.96. The standard InChI is InChI=1S/C16H23BFNO3/c1-15(2)16(3,4)22-17(21-15)12-9-14(19-10-13(12)18)20-11-7-5-6-8-11/h9-11H,5-8H2,1-4H3. The average molecular weight is 307 g/mol. The third kappa shape index (κ3) is 2.86. The van der Waals surface area contributed by atoms with Crippen molar-refractivity contribution in [1.82, 2.24) is 4.98 Å². The average Bonchev–Trinajstić information content (AvgIpc) is 2.99. The second-order valence-electron chi connectivity index (χ2n) is 7.16. The summed E-state index contributed by atoms with van der Waals surface area (Å²) < 4.78 is 31.8. The summed E-state index contributed by atoms with van der Waals surface area (Å²) in [6, 6.07) is 1.61. The molecule has 120 valence electrons. The molecule has 0 bridgehead atoms. The van der Waals surface area contributed by atoms with Gasteiger partial charge >= 0.3 is 7.12 Å². The van der Waals surface area contributed by atoms with E-state index in [4.69, 9.17) is 14.0 Å². The topological polar surface area (TPSA) is 40.6 Å². The highest BCUT2D eigenvalue weighted by Crippen LogP contribution is 2.36. The van der Waals surface area contributed by atoms with Gasteiger partial charge in [0.1, 0.15) is 11.9 Å². The molecular weight excluding hydrogens is 284 g/mol. The molecule has 1 aromatic rings. The summed E-state index contributed by atoms with van der Waals surface area (Å²) in [7, 11) is -0.737. The Kier molecular flexibility index (Phi) is 3.93. The minimum atomic E-state index is -0.737. The van der Waals surface area contributed by atoms with E-state index in [1.165, 1.54) is 19.0 Å². The lowest BCUT2D eigenvalue weighted by Crippen LogP contribution is -2.41. The second kappa shape index (κ2) is 5.50. The summed E-state index contributed by atoms with van der Waals surface area (Å²) in [6.45, 7) is 7.79. The Balaban J connectivity index is 1.81. The highest BCUT2D eigenvalue weighted by atomic mass is 19.1. The van der Waals surface area contributed by atoms with Crippen molar-refractivity contribution in [3.05, 3.63) is 18.1 Å². The summed E-state index contributed by atoms with van der Waals surface area (Å²) in [4.78, 5) is 4.04. The fourth-order valence-electron chi connectivity index (χ4n) is 2.83. The van der Waals surface area contributed by atoms with E-state index in [2.05, 4.69) is 4.98 Å². The van der Waals surface area contributed by atoms with Gasteiger partial charge in [0.2, 0.25) is 5.88 Å². The van der Waals surface area contributed by atoms with Crippen LogP contribution in [0.3, 0.4) is 0 Å². The lowest BCUT2D eigenvalue weighted by atomic mass is 9.79. The minimum Gasteiger partial charge on any atom is -0.474 e. The van der Waals surface area contributed by atoms with Crippen molar-refractivity contribution in [3.63, 3.8) is 0 Å². The van der Waals surface area contributed by atoms with Crippen LogP contribution < -0.4 is 10.2 Å². The Morgan fingerprint density at radius 2 is 1.77 bits per heavy atom. The number of ether oxygens (including phenoxy) is 1. The van der Waals surface area contributed by atoms with Crippen LogP contribution in [0.1, 0.15) is 53.4 Å². The Morgan fingerprint density at radius 3 is 2.36 bits per heavy atom. The molecule has 0 spiro atoms. The zero-order valence-corrected chi connectivity index (χ0v) is 13.7. The number of rotatable bonds is 3. The summed E-state index contributed by atoms with van der Waals surface area (Å²) in [5.74, 6) is 0.00952. The van der Waals surface area contributed by atoms with Gasteiger partial charge in [-0.1, -0.05) is 0 Å². The molecule has 1 aromatic heterocycles. The molecule has 0 radical (unpaired) electrons. The third-order valence-corrected chi connectivity index (χ3v) is 4.96. The van der Waals surface area contributed by atoms with Crippen LogP contribution in [0, 0.1) is 5.82 Å². The maximum absolute atomic E-state index is 14.2. The predicted octanol–water partition coefficient (Wildman–Crippen LogP) is 2.84. The van der Waals surface area contributed by atoms with Crippen molar-refractivity contribution in [2.75, 3.05) is 0 Å². The zero-order valence-electron chi connectivity index (χ0n) is 13.7. The molecule has 0 aromatic carbocycles. The van der Waals surface area contributed by atoms with Gasteiger partial charge in [0.05, 0.1) is 17.4 Å². The van der Waals surface area contributed by atoms with Gasteiger partial charge in [0.15, 0.2) is 0 Å². The summed E-state index contributed by atoms with van der Waals surface area (Å²) >= 11 is 0. The first-order chi connectivity index (χ1) is 10.3. The van der Waals surface area contributed by atoms with Crippen LogP contribution in [0.2, 0.25) is 0 Å². The smallest absolute Gasteiger partial charge is 0.474 e. The van der Waals surface area contributed by atoms with Gasteiger partial charge in [0.25, 0.3) is 0 Å². The second-order valence-corrected chi connectivity index (χ2v) is 7.16. The molecule has 3 rings (SSSR count). The van der Waals surface area contributed by atoms with Crippen LogP contribution in [0.25, 0.3) is 0 Å². The number of hydrogen-bond acceptors (Lipinski definition) is 4. The molecule has 6 heteroatoms. The maximum Gasteiger partial charge on any atom is 0.498 e. The Hall–Kier alpha value is -1.14. The molecule has 1 saturated heterocycles. The largest absolute Gasteiger partial charge is 0.498 e. The molecule has 2 fully saturated rings. The molecule has 0 atom stereocenters. The van der Waals surface area contributed by atoms with E-state index in [9.17, 15) is 4.39 Å². The van der Waals surface area contributed by atoms with Gasteiger partial charge in [-0.25, -0.2) is 9.37 Å². The van der Waals surface area contributed by atoms with Crippen LogP contribution in [-0.4, -0.2) is 29.4 Å². The fraction of sp³-hybridized carbons (Fsp3) is 0.688. The van der Waals surface area contributed by atoms with Crippen molar-refractivity contribution in [2.24, 2.45) is 0 Å². The van der Waals surface area contributed by atoms with Crippen molar-refractivity contribution in [2.45, 2.75) is 70.7 Å². The molecule has 1 saturated carbocycles. The molecule has 4 nitrogen and oxygen atoms in total. The van der Waals surface area contributed by atoms with Crippen molar-refractivity contribution in [1.29, 1.82) is 0 Å². The van der Waals surface area contributed by atoms with Gasteiger partial charge < -0.3 is 14.0 Å². The summed E-state index contributed by atoms with van der Waals surface area (Å²) in [5.41, 5.74) is -0.652. The molecule has 2 aliphatic rings. The predicted molar refractivity (Wildman–Crippen MR) is 82.8 cm³/mol. The van der Waals surface area contributed by atoms with Gasteiger partial charge in [-0.05, 0) is 53.4 Å². The normalized spacial score (nSPS) is 24.0. The quantitative estimate of drug-likeness (QED) is 0.805. The van der Waals surface area contributed by atoms with Crippen LogP contribution in [-0.2, 0) is 9.31 Å². The van der Waals surface area contributed by atoms with E-state index in [-0.39, 0.29) is 6.10 Å². The first kappa shape index (κ1) is 15.7. The fourth-order valence-corrected chi connectivity index (χ4v) is 2.83. The number of halogens is 1. The maximum atomic E-state index is 14.2. The van der Waals surface area contributed by atoms with Gasteiger partial charge in [-0.3, -0.25) is 0 Å². The van der Waals surface area contributed by atoms with E-state index in [1.807, 2.05) is 27.7 Å². The lowest BCUT2D eigenvalue weighted by molar-refractivity contribution is 0.00578. The Morgan fingerprint density at radius 1 is 1.18 bits per heavy atom. The van der Waals surface area contributed by atoms with Crippen LogP contribution in [0.15, 0.2) is 12.3 Å². The van der Waals surface area contributed by atoms with Gasteiger partial charge in [-0.2, -0.15) is 0 Å². The van der Waals surface area contributed by atoms with Crippen molar-refractivity contribution in [3.8, 4) is 5.88 Å². The number of aromatic nitrogens is 1. The van der Waals surface area contributed by atoms with E-state index < -0.39 is 24.1 Å². The van der Waals surface area contributed by atoms with Crippen molar-refractivity contribution >= 4 is 12.6 Å². The molecule has 0 amide bonds. The van der Waals surface area contributed by atoms with Crippen LogP contribution in [0.4, 0.5) is 4.39 Å². The highest BCUT2D eigenvalue weighted by molar-refractivity contribution is 6.62. The summed E-state index contributed by atoms with van der Waals surface area (Å²) in [6.07, 6.45) is 5.79. The molecule has 1 aliphatic carbocycles. The van der Waals surface area contributed by atoms with E-state index >= 15 is 0 Å². The monoisotopic (exact) mass is 307 g/mol. The lowest BCUT2D eigenvalue weighted by Gasteiger charge is -2.32. The van der Waals surface area contributed by atoms with E-state index in [1.54, 1.807) is 6.07 Å². The summed E-state index contributed by atoms with van der Waals surface area (Å²) in [5, 5.41) is 0. The molecule has 22 heavy (non-hydrogen) atoms. The third-order valence-electron chi connectivity index (χ3n) is 4.96. The molecule has 1 aliphatic heterocycles. The zero-order chi connectivity index (χ0) is 16.0. The number of pyridine rings is 1. The molecule has 0 unspecified atom stereocenters. The number of nitrogens with zero attached hydrogens (tertiary/aromatic N) is 1. The SMILES string of the molecule is CC1(C)OB(c2cc(OC3CCCC3)ncc2F)OC1(C)C. The highest BCUT2D eigenvalue weighted by Gasteiger charge is 2.52. The van der Waals surface area contributed by atoms with Crippen molar-refractivity contribution < 1.29 is 18.4 Å².